The van der Waals surface area contributed by atoms with Gasteiger partial charge in [0.15, 0.2) is 5.96 Å². The molecule has 1 amide bonds. The van der Waals surface area contributed by atoms with E-state index in [4.69, 9.17) is 0 Å². The van der Waals surface area contributed by atoms with Crippen LogP contribution in [0.3, 0.4) is 0 Å². The van der Waals surface area contributed by atoms with Crippen LogP contribution in [0.5, 0.6) is 0 Å². The molecule has 104 valence electrons. The third-order valence-corrected chi connectivity index (χ3v) is 2.59. The van der Waals surface area contributed by atoms with Gasteiger partial charge in [-0.2, -0.15) is 0 Å². The van der Waals surface area contributed by atoms with Gasteiger partial charge in [-0.25, -0.2) is 4.99 Å². The number of nitrogens with zero attached hydrogens (tertiary/aromatic N) is 2. The van der Waals surface area contributed by atoms with Crippen molar-refractivity contribution in [1.29, 1.82) is 0 Å². The Hall–Kier alpha value is -0.790. The maximum absolute atomic E-state index is 11.8. The quantitative estimate of drug-likeness (QED) is 0.330. The molecule has 0 spiro atoms. The summed E-state index contributed by atoms with van der Waals surface area (Å²) in [6, 6.07) is 0. The minimum Gasteiger partial charge on any atom is -0.357 e. The van der Waals surface area contributed by atoms with Crippen LogP contribution in [0.2, 0.25) is 0 Å². The summed E-state index contributed by atoms with van der Waals surface area (Å²) in [5.41, 5.74) is 0. The smallest absolute Gasteiger partial charge is 0.244 e. The molecular formula is C12H23IN4O. The van der Waals surface area contributed by atoms with Gasteiger partial charge in [0.05, 0.1) is 0 Å². The third kappa shape index (κ3) is 6.23. The summed E-state index contributed by atoms with van der Waals surface area (Å²) in [6.45, 7) is 9.02. The normalized spacial score (nSPS) is 14.9. The Kier molecular flexibility index (Phi) is 9.72. The fourth-order valence-corrected chi connectivity index (χ4v) is 1.72. The molecule has 1 saturated heterocycles. The summed E-state index contributed by atoms with van der Waals surface area (Å²) in [5.74, 6) is 0.776. The summed E-state index contributed by atoms with van der Waals surface area (Å²) in [7, 11) is 0. The van der Waals surface area contributed by atoms with Crippen molar-refractivity contribution in [3.63, 3.8) is 0 Å². The Morgan fingerprint density at radius 3 is 2.61 bits per heavy atom. The monoisotopic (exact) mass is 366 g/mol. The molecule has 0 bridgehead atoms. The molecule has 1 heterocycles. The number of halogens is 1. The highest BCUT2D eigenvalue weighted by atomic mass is 127. The van der Waals surface area contributed by atoms with Crippen LogP contribution in [0.1, 0.15) is 19.8 Å². The molecule has 0 aromatic rings. The van der Waals surface area contributed by atoms with E-state index in [0.29, 0.717) is 12.5 Å². The number of carbonyl (C=O) groups is 1. The number of nitrogens with one attached hydrogen (secondary N) is 2. The van der Waals surface area contributed by atoms with Crippen molar-refractivity contribution in [2.75, 3.05) is 32.7 Å². The maximum Gasteiger partial charge on any atom is 0.244 e. The van der Waals surface area contributed by atoms with Gasteiger partial charge in [-0.05, 0) is 19.8 Å². The number of aliphatic imine (C=N–C) groups is 1. The highest BCUT2D eigenvalue weighted by Crippen LogP contribution is 2.07. The first-order chi connectivity index (χ1) is 8.27. The molecule has 1 rings (SSSR count). The van der Waals surface area contributed by atoms with Crippen LogP contribution in [0.4, 0.5) is 0 Å². The van der Waals surface area contributed by atoms with Gasteiger partial charge in [-0.15, -0.1) is 30.6 Å². The van der Waals surface area contributed by atoms with E-state index in [9.17, 15) is 4.79 Å². The molecule has 0 radical (unpaired) electrons. The first-order valence-electron chi connectivity index (χ1n) is 6.18. The lowest BCUT2D eigenvalue weighted by molar-refractivity contribution is -0.128. The van der Waals surface area contributed by atoms with Crippen molar-refractivity contribution in [2.45, 2.75) is 19.8 Å². The van der Waals surface area contributed by atoms with E-state index in [-0.39, 0.29) is 36.4 Å². The summed E-state index contributed by atoms with van der Waals surface area (Å²) in [5, 5.41) is 6.15. The Balaban J connectivity index is 0.00000289. The predicted molar refractivity (Wildman–Crippen MR) is 85.4 cm³/mol. The van der Waals surface area contributed by atoms with Crippen LogP contribution in [0.15, 0.2) is 17.6 Å². The Morgan fingerprint density at radius 2 is 2.06 bits per heavy atom. The van der Waals surface area contributed by atoms with Gasteiger partial charge in [0.1, 0.15) is 6.54 Å². The van der Waals surface area contributed by atoms with Crippen LogP contribution >= 0.6 is 24.0 Å². The molecule has 2 N–H and O–H groups in total. The average Bonchev–Trinajstić information content (AvgIpc) is 2.86. The minimum atomic E-state index is 0. The average molecular weight is 366 g/mol. The molecule has 0 aliphatic carbocycles. The first kappa shape index (κ1) is 17.2. The SMILES string of the molecule is C=CCNC(=NCC(=O)N1CCCC1)NCC.I. The summed E-state index contributed by atoms with van der Waals surface area (Å²) < 4.78 is 0. The molecule has 0 atom stereocenters. The third-order valence-electron chi connectivity index (χ3n) is 2.59. The standard InChI is InChI=1S/C12H22N4O.HI/c1-3-7-14-12(13-4-2)15-10-11(17)16-8-5-6-9-16;/h3H,1,4-10H2,2H3,(H2,13,14,15);1H. The zero-order chi connectivity index (χ0) is 12.5. The van der Waals surface area contributed by atoms with E-state index in [1.54, 1.807) is 6.08 Å². The molecule has 5 nitrogen and oxygen atoms in total. The minimum absolute atomic E-state index is 0. The lowest BCUT2D eigenvalue weighted by Crippen LogP contribution is -2.38. The van der Waals surface area contributed by atoms with Gasteiger partial charge < -0.3 is 15.5 Å². The van der Waals surface area contributed by atoms with Crippen molar-refractivity contribution in [1.82, 2.24) is 15.5 Å². The number of carbonyl (C=O) groups excluding carboxylic acids is 1. The lowest BCUT2D eigenvalue weighted by atomic mass is 10.4. The number of hydrogen-bond acceptors (Lipinski definition) is 2. The molecule has 1 fully saturated rings. The Bertz CT molecular complexity index is 288. The van der Waals surface area contributed by atoms with E-state index in [0.717, 1.165) is 32.5 Å². The molecule has 0 aromatic heterocycles. The molecule has 0 unspecified atom stereocenters. The topological polar surface area (TPSA) is 56.7 Å². The van der Waals surface area contributed by atoms with Crippen molar-refractivity contribution in [3.8, 4) is 0 Å². The van der Waals surface area contributed by atoms with Crippen LogP contribution in [-0.2, 0) is 4.79 Å². The van der Waals surface area contributed by atoms with E-state index < -0.39 is 0 Å². The molecule has 6 heteroatoms. The van der Waals surface area contributed by atoms with Crippen LogP contribution in [0.25, 0.3) is 0 Å². The second-order valence-electron chi connectivity index (χ2n) is 3.95. The van der Waals surface area contributed by atoms with Gasteiger partial charge in [0, 0.05) is 26.2 Å². The number of amides is 1. The van der Waals surface area contributed by atoms with E-state index in [1.165, 1.54) is 0 Å². The Morgan fingerprint density at radius 1 is 1.39 bits per heavy atom. The molecular weight excluding hydrogens is 343 g/mol. The van der Waals surface area contributed by atoms with Gasteiger partial charge in [0.2, 0.25) is 5.91 Å². The lowest BCUT2D eigenvalue weighted by Gasteiger charge is -2.14. The second kappa shape index (κ2) is 10.2. The molecule has 1 aliphatic heterocycles. The molecule has 0 saturated carbocycles. The van der Waals surface area contributed by atoms with Crippen molar-refractivity contribution >= 4 is 35.8 Å². The van der Waals surface area contributed by atoms with Crippen molar-refractivity contribution in [2.24, 2.45) is 4.99 Å². The number of hydrogen-bond donors (Lipinski definition) is 2. The maximum atomic E-state index is 11.8. The molecule has 0 aromatic carbocycles. The second-order valence-corrected chi connectivity index (χ2v) is 3.95. The van der Waals surface area contributed by atoms with Gasteiger partial charge >= 0.3 is 0 Å². The fraction of sp³-hybridized carbons (Fsp3) is 0.667. The van der Waals surface area contributed by atoms with Crippen LogP contribution < -0.4 is 10.6 Å². The summed E-state index contributed by atoms with van der Waals surface area (Å²) in [6.07, 6.45) is 3.99. The van der Waals surface area contributed by atoms with Gasteiger partial charge in [-0.3, -0.25) is 4.79 Å². The largest absolute Gasteiger partial charge is 0.357 e. The van der Waals surface area contributed by atoms with E-state index >= 15 is 0 Å². The van der Waals surface area contributed by atoms with Crippen molar-refractivity contribution in [3.05, 3.63) is 12.7 Å². The van der Waals surface area contributed by atoms with E-state index in [1.807, 2.05) is 11.8 Å². The Labute approximate surface area is 126 Å². The number of rotatable bonds is 5. The fourth-order valence-electron chi connectivity index (χ4n) is 1.72. The van der Waals surface area contributed by atoms with Crippen LogP contribution in [-0.4, -0.2) is 49.5 Å². The number of guanidine groups is 1. The van der Waals surface area contributed by atoms with Crippen molar-refractivity contribution < 1.29 is 4.79 Å². The predicted octanol–water partition coefficient (Wildman–Crippen LogP) is 0.968. The first-order valence-corrected chi connectivity index (χ1v) is 6.18. The summed E-state index contributed by atoms with van der Waals surface area (Å²) in [4.78, 5) is 17.9. The number of likely N-dealkylation sites (tertiary alicyclic amines) is 1. The summed E-state index contributed by atoms with van der Waals surface area (Å²) >= 11 is 0. The van der Waals surface area contributed by atoms with Crippen LogP contribution in [0, 0.1) is 0 Å². The van der Waals surface area contributed by atoms with E-state index in [2.05, 4.69) is 22.2 Å². The molecule has 18 heavy (non-hydrogen) atoms. The zero-order valence-electron chi connectivity index (χ0n) is 10.9. The highest BCUT2D eigenvalue weighted by Gasteiger charge is 2.17. The van der Waals surface area contributed by atoms with Gasteiger partial charge in [0.25, 0.3) is 0 Å². The highest BCUT2D eigenvalue weighted by molar-refractivity contribution is 14.0. The molecule has 1 aliphatic rings. The van der Waals surface area contributed by atoms with Gasteiger partial charge in [-0.1, -0.05) is 6.08 Å². The zero-order valence-corrected chi connectivity index (χ0v) is 13.3.